The van der Waals surface area contributed by atoms with Crippen molar-refractivity contribution in [1.82, 2.24) is 20.1 Å². The number of urea groups is 1. The number of amides is 3. The summed E-state index contributed by atoms with van der Waals surface area (Å²) in [7, 11) is 1.85. The molecule has 2 heterocycles. The summed E-state index contributed by atoms with van der Waals surface area (Å²) in [4.78, 5) is 33.9. The molecule has 1 aliphatic heterocycles. The highest BCUT2D eigenvalue weighted by molar-refractivity contribution is 5.80. The molecule has 0 aliphatic carbocycles. The molecule has 0 saturated carbocycles. The predicted octanol–water partition coefficient (Wildman–Crippen LogP) is 3.85. The standard InChI is InChI=1S/C24H32N4O2/c1-24(2,3)26-23(30)28-16-13-19(14-17-28)22(29)27(4)21(18-10-6-5-7-11-18)20-12-8-9-15-25-20/h5-12,15,19,21H,13-14,16-17H2,1-4H3,(H,26,30). The van der Waals surface area contributed by atoms with E-state index >= 15 is 0 Å². The van der Waals surface area contributed by atoms with E-state index in [2.05, 4.69) is 10.3 Å². The van der Waals surface area contributed by atoms with Gasteiger partial charge in [-0.05, 0) is 51.3 Å². The summed E-state index contributed by atoms with van der Waals surface area (Å²) in [6.07, 6.45) is 3.10. The molecule has 1 aromatic heterocycles. The van der Waals surface area contributed by atoms with Gasteiger partial charge in [0.05, 0.1) is 11.7 Å². The first-order valence-electron chi connectivity index (χ1n) is 10.6. The fourth-order valence-electron chi connectivity index (χ4n) is 3.91. The van der Waals surface area contributed by atoms with E-state index in [0.29, 0.717) is 25.9 Å². The Labute approximate surface area is 179 Å². The highest BCUT2D eigenvalue weighted by Crippen LogP contribution is 2.29. The number of carbonyl (C=O) groups is 2. The topological polar surface area (TPSA) is 65.5 Å². The monoisotopic (exact) mass is 408 g/mol. The summed E-state index contributed by atoms with van der Waals surface area (Å²) in [6.45, 7) is 7.09. The van der Waals surface area contributed by atoms with Crippen LogP contribution in [0.3, 0.4) is 0 Å². The highest BCUT2D eigenvalue weighted by atomic mass is 16.2. The van der Waals surface area contributed by atoms with Gasteiger partial charge in [-0.25, -0.2) is 4.79 Å². The number of rotatable bonds is 4. The number of hydrogen-bond acceptors (Lipinski definition) is 3. The third-order valence-corrected chi connectivity index (χ3v) is 5.43. The molecule has 3 rings (SSSR count). The van der Waals surface area contributed by atoms with E-state index in [1.807, 2.05) is 86.1 Å². The van der Waals surface area contributed by atoms with Crippen molar-refractivity contribution in [2.45, 2.75) is 45.2 Å². The van der Waals surface area contributed by atoms with Gasteiger partial charge in [0.25, 0.3) is 0 Å². The average molecular weight is 409 g/mol. The number of pyridine rings is 1. The van der Waals surface area contributed by atoms with Crippen LogP contribution in [0.1, 0.15) is 50.9 Å². The molecule has 1 aliphatic rings. The van der Waals surface area contributed by atoms with Crippen molar-refractivity contribution in [2.24, 2.45) is 5.92 Å². The van der Waals surface area contributed by atoms with Gasteiger partial charge in [0.2, 0.25) is 5.91 Å². The lowest BCUT2D eigenvalue weighted by molar-refractivity contribution is -0.137. The molecule has 1 unspecified atom stereocenters. The Morgan fingerprint density at radius 3 is 2.27 bits per heavy atom. The van der Waals surface area contributed by atoms with Crippen LogP contribution in [0.5, 0.6) is 0 Å². The van der Waals surface area contributed by atoms with Crippen molar-refractivity contribution in [2.75, 3.05) is 20.1 Å². The molecule has 1 saturated heterocycles. The quantitative estimate of drug-likeness (QED) is 0.836. The number of benzene rings is 1. The maximum Gasteiger partial charge on any atom is 0.317 e. The lowest BCUT2D eigenvalue weighted by atomic mass is 9.93. The fraction of sp³-hybridized carbons (Fsp3) is 0.458. The molecular weight excluding hydrogens is 376 g/mol. The molecule has 0 spiro atoms. The summed E-state index contributed by atoms with van der Waals surface area (Å²) >= 11 is 0. The second-order valence-corrected chi connectivity index (χ2v) is 8.96. The van der Waals surface area contributed by atoms with Crippen molar-refractivity contribution in [3.8, 4) is 0 Å². The molecule has 1 N–H and O–H groups in total. The van der Waals surface area contributed by atoms with Gasteiger partial charge in [-0.15, -0.1) is 0 Å². The zero-order chi connectivity index (χ0) is 21.7. The molecular formula is C24H32N4O2. The van der Waals surface area contributed by atoms with Crippen molar-refractivity contribution in [3.05, 3.63) is 66.0 Å². The van der Waals surface area contributed by atoms with Crippen LogP contribution in [0.25, 0.3) is 0 Å². The third-order valence-electron chi connectivity index (χ3n) is 5.43. The molecule has 0 bridgehead atoms. The maximum atomic E-state index is 13.4. The van der Waals surface area contributed by atoms with E-state index < -0.39 is 0 Å². The number of nitrogens with one attached hydrogen (secondary N) is 1. The molecule has 0 radical (unpaired) electrons. The molecule has 2 aromatic rings. The van der Waals surface area contributed by atoms with Crippen LogP contribution in [0, 0.1) is 5.92 Å². The van der Waals surface area contributed by atoms with Gasteiger partial charge in [-0.1, -0.05) is 36.4 Å². The van der Waals surface area contributed by atoms with Crippen LogP contribution in [0.2, 0.25) is 0 Å². The SMILES string of the molecule is CN(C(=O)C1CCN(C(=O)NC(C)(C)C)CC1)C(c1ccccc1)c1ccccn1. The Morgan fingerprint density at radius 1 is 1.07 bits per heavy atom. The number of aromatic nitrogens is 1. The molecule has 160 valence electrons. The number of carbonyl (C=O) groups excluding carboxylic acids is 2. The van der Waals surface area contributed by atoms with Crippen LogP contribution in [-0.2, 0) is 4.79 Å². The summed E-state index contributed by atoms with van der Waals surface area (Å²) in [5, 5.41) is 3.00. The summed E-state index contributed by atoms with van der Waals surface area (Å²) < 4.78 is 0. The van der Waals surface area contributed by atoms with Crippen molar-refractivity contribution in [1.29, 1.82) is 0 Å². The summed E-state index contributed by atoms with van der Waals surface area (Å²) in [5.41, 5.74) is 1.62. The summed E-state index contributed by atoms with van der Waals surface area (Å²) in [5.74, 6) is 0.00833. The van der Waals surface area contributed by atoms with Gasteiger partial charge in [0, 0.05) is 37.8 Å². The smallest absolute Gasteiger partial charge is 0.317 e. The molecule has 30 heavy (non-hydrogen) atoms. The third kappa shape index (κ3) is 5.38. The first-order chi connectivity index (χ1) is 14.3. The minimum atomic E-state index is -0.268. The Hall–Kier alpha value is -2.89. The Morgan fingerprint density at radius 2 is 1.70 bits per heavy atom. The van der Waals surface area contributed by atoms with Gasteiger partial charge >= 0.3 is 6.03 Å². The van der Waals surface area contributed by atoms with E-state index in [0.717, 1.165) is 11.3 Å². The van der Waals surface area contributed by atoms with E-state index in [-0.39, 0.29) is 29.4 Å². The minimum absolute atomic E-state index is 0.0580. The van der Waals surface area contributed by atoms with Crippen LogP contribution in [0.15, 0.2) is 54.7 Å². The Bertz CT molecular complexity index is 801. The highest BCUT2D eigenvalue weighted by Gasteiger charge is 2.33. The largest absolute Gasteiger partial charge is 0.333 e. The van der Waals surface area contributed by atoms with Crippen LogP contribution in [0.4, 0.5) is 4.79 Å². The van der Waals surface area contributed by atoms with E-state index in [1.54, 1.807) is 6.20 Å². The van der Waals surface area contributed by atoms with E-state index in [4.69, 9.17) is 0 Å². The molecule has 1 aromatic carbocycles. The first-order valence-corrected chi connectivity index (χ1v) is 10.6. The Kier molecular flexibility index (Phi) is 6.75. The van der Waals surface area contributed by atoms with Gasteiger partial charge in [0.1, 0.15) is 0 Å². The zero-order valence-corrected chi connectivity index (χ0v) is 18.3. The number of likely N-dealkylation sites (tertiary alicyclic amines) is 1. The number of piperidine rings is 1. The maximum absolute atomic E-state index is 13.4. The average Bonchev–Trinajstić information content (AvgIpc) is 2.74. The fourth-order valence-corrected chi connectivity index (χ4v) is 3.91. The lowest BCUT2D eigenvalue weighted by Crippen LogP contribution is -2.52. The molecule has 6 heteroatoms. The molecule has 1 atom stereocenters. The van der Waals surface area contributed by atoms with Crippen LogP contribution < -0.4 is 5.32 Å². The second-order valence-electron chi connectivity index (χ2n) is 8.96. The van der Waals surface area contributed by atoms with Gasteiger partial charge < -0.3 is 15.1 Å². The van der Waals surface area contributed by atoms with E-state index in [9.17, 15) is 9.59 Å². The predicted molar refractivity (Wildman–Crippen MR) is 118 cm³/mol. The Balaban J connectivity index is 1.70. The lowest BCUT2D eigenvalue weighted by Gasteiger charge is -2.36. The minimum Gasteiger partial charge on any atom is -0.333 e. The number of hydrogen-bond donors (Lipinski definition) is 1. The van der Waals surface area contributed by atoms with Crippen molar-refractivity contribution < 1.29 is 9.59 Å². The van der Waals surface area contributed by atoms with Crippen LogP contribution >= 0.6 is 0 Å². The zero-order valence-electron chi connectivity index (χ0n) is 18.3. The molecule has 6 nitrogen and oxygen atoms in total. The molecule has 3 amide bonds. The first kappa shape index (κ1) is 21.8. The molecule has 1 fully saturated rings. The van der Waals surface area contributed by atoms with Crippen molar-refractivity contribution in [3.63, 3.8) is 0 Å². The number of nitrogens with zero attached hydrogens (tertiary/aromatic N) is 3. The van der Waals surface area contributed by atoms with Crippen LogP contribution in [-0.4, -0.2) is 52.4 Å². The normalized spacial score (nSPS) is 16.1. The van der Waals surface area contributed by atoms with Gasteiger partial charge in [0.15, 0.2) is 0 Å². The van der Waals surface area contributed by atoms with E-state index in [1.165, 1.54) is 0 Å². The van der Waals surface area contributed by atoms with Crippen molar-refractivity contribution >= 4 is 11.9 Å². The second kappa shape index (κ2) is 9.28. The van der Waals surface area contributed by atoms with Gasteiger partial charge in [-0.3, -0.25) is 9.78 Å². The summed E-state index contributed by atoms with van der Waals surface area (Å²) in [6, 6.07) is 15.5. The van der Waals surface area contributed by atoms with Gasteiger partial charge in [-0.2, -0.15) is 0 Å².